The van der Waals surface area contributed by atoms with Crippen molar-refractivity contribution in [2.45, 2.75) is 6.92 Å². The summed E-state index contributed by atoms with van der Waals surface area (Å²) in [6, 6.07) is 9.81. The largest absolute Gasteiger partial charge is 0.278 e. The second-order valence-corrected chi connectivity index (χ2v) is 2.87. The molecule has 66 valence electrons. The fourth-order valence-electron chi connectivity index (χ4n) is 1.15. The third-order valence-electron chi connectivity index (χ3n) is 1.74. The van der Waals surface area contributed by atoms with Crippen molar-refractivity contribution in [1.82, 2.24) is 9.66 Å². The third-order valence-corrected chi connectivity index (χ3v) is 1.74. The normalized spacial score (nSPS) is 9.92. The maximum atomic E-state index is 4.32. The van der Waals surface area contributed by atoms with E-state index in [1.807, 2.05) is 54.3 Å². The molecule has 0 atom stereocenters. The molecule has 0 fully saturated rings. The molecule has 0 spiro atoms. The van der Waals surface area contributed by atoms with Gasteiger partial charge in [-0.25, -0.2) is 4.98 Å². The Balaban J connectivity index is 2.19. The van der Waals surface area contributed by atoms with Crippen LogP contribution in [0.5, 0.6) is 0 Å². The molecule has 13 heavy (non-hydrogen) atoms. The number of rotatable bonds is 2. The van der Waals surface area contributed by atoms with E-state index >= 15 is 0 Å². The number of aryl methyl sites for hydroxylation is 1. The van der Waals surface area contributed by atoms with E-state index in [-0.39, 0.29) is 0 Å². The van der Waals surface area contributed by atoms with E-state index in [0.717, 1.165) is 11.5 Å². The minimum atomic E-state index is 0.858. The molecule has 0 saturated carbocycles. The van der Waals surface area contributed by atoms with Gasteiger partial charge in [0.25, 0.3) is 0 Å². The molecule has 0 aliphatic heterocycles. The smallest absolute Gasteiger partial charge is 0.145 e. The van der Waals surface area contributed by atoms with Crippen molar-refractivity contribution < 1.29 is 0 Å². The van der Waals surface area contributed by atoms with Crippen LogP contribution in [0.1, 0.15) is 5.69 Å². The van der Waals surface area contributed by atoms with Crippen LogP contribution < -0.4 is 5.43 Å². The van der Waals surface area contributed by atoms with Gasteiger partial charge in [-0.2, -0.15) is 0 Å². The first-order valence-electron chi connectivity index (χ1n) is 4.18. The Hall–Kier alpha value is -1.77. The Morgan fingerprint density at radius 2 is 1.92 bits per heavy atom. The molecule has 2 rings (SSSR count). The fraction of sp³-hybridized carbons (Fsp3) is 0.100. The fourth-order valence-corrected chi connectivity index (χ4v) is 1.15. The average Bonchev–Trinajstić information content (AvgIpc) is 2.57. The van der Waals surface area contributed by atoms with Crippen molar-refractivity contribution in [1.29, 1.82) is 0 Å². The molecule has 2 aromatic rings. The first-order chi connectivity index (χ1) is 6.34. The Bertz CT molecular complexity index is 379. The molecular formula is C10H11N3. The SMILES string of the molecule is Cc1cccc(Nn2cccc2)n1. The summed E-state index contributed by atoms with van der Waals surface area (Å²) in [6.07, 6.45) is 3.87. The van der Waals surface area contributed by atoms with E-state index in [1.165, 1.54) is 0 Å². The van der Waals surface area contributed by atoms with Crippen LogP contribution in [-0.4, -0.2) is 9.66 Å². The molecule has 0 aliphatic carbocycles. The topological polar surface area (TPSA) is 29.9 Å². The second-order valence-electron chi connectivity index (χ2n) is 2.87. The van der Waals surface area contributed by atoms with E-state index in [1.54, 1.807) is 0 Å². The first kappa shape index (κ1) is 7.86. The van der Waals surface area contributed by atoms with E-state index in [9.17, 15) is 0 Å². The third kappa shape index (κ3) is 1.87. The summed E-state index contributed by atoms with van der Waals surface area (Å²) < 4.78 is 1.86. The van der Waals surface area contributed by atoms with E-state index in [2.05, 4.69) is 10.4 Å². The maximum absolute atomic E-state index is 4.32. The lowest BCUT2D eigenvalue weighted by Gasteiger charge is -2.06. The van der Waals surface area contributed by atoms with E-state index < -0.39 is 0 Å². The predicted octanol–water partition coefficient (Wildman–Crippen LogP) is 2.07. The maximum Gasteiger partial charge on any atom is 0.145 e. The lowest BCUT2D eigenvalue weighted by Crippen LogP contribution is -2.07. The van der Waals surface area contributed by atoms with Crippen LogP contribution in [0, 0.1) is 6.92 Å². The van der Waals surface area contributed by atoms with Crippen molar-refractivity contribution in [2.24, 2.45) is 0 Å². The van der Waals surface area contributed by atoms with E-state index in [0.29, 0.717) is 0 Å². The number of nitrogens with one attached hydrogen (secondary N) is 1. The van der Waals surface area contributed by atoms with Crippen LogP contribution in [0.25, 0.3) is 0 Å². The molecule has 3 heteroatoms. The van der Waals surface area contributed by atoms with Crippen molar-refractivity contribution >= 4 is 5.82 Å². The minimum Gasteiger partial charge on any atom is -0.278 e. The second kappa shape index (κ2) is 3.31. The van der Waals surface area contributed by atoms with Crippen molar-refractivity contribution in [3.05, 3.63) is 48.4 Å². The van der Waals surface area contributed by atoms with Gasteiger partial charge >= 0.3 is 0 Å². The molecule has 1 N–H and O–H groups in total. The molecule has 0 unspecified atom stereocenters. The summed E-state index contributed by atoms with van der Waals surface area (Å²) in [5.41, 5.74) is 4.14. The van der Waals surface area contributed by atoms with Crippen molar-refractivity contribution in [3.8, 4) is 0 Å². The van der Waals surface area contributed by atoms with Crippen molar-refractivity contribution in [2.75, 3.05) is 5.43 Å². The number of anilines is 1. The van der Waals surface area contributed by atoms with Crippen LogP contribution >= 0.6 is 0 Å². The number of hydrogen-bond acceptors (Lipinski definition) is 2. The summed E-state index contributed by atoms with van der Waals surface area (Å²) >= 11 is 0. The highest BCUT2D eigenvalue weighted by Crippen LogP contribution is 2.04. The van der Waals surface area contributed by atoms with Gasteiger partial charge in [-0.3, -0.25) is 10.1 Å². The first-order valence-corrected chi connectivity index (χ1v) is 4.18. The Morgan fingerprint density at radius 3 is 2.62 bits per heavy atom. The van der Waals surface area contributed by atoms with Crippen LogP contribution in [0.2, 0.25) is 0 Å². The molecule has 0 radical (unpaired) electrons. The number of hydrogen-bond donors (Lipinski definition) is 1. The Kier molecular flexibility index (Phi) is 2.00. The van der Waals surface area contributed by atoms with Gasteiger partial charge in [0.05, 0.1) is 0 Å². The highest BCUT2D eigenvalue weighted by atomic mass is 15.4. The monoisotopic (exact) mass is 173 g/mol. The van der Waals surface area contributed by atoms with Crippen LogP contribution in [0.15, 0.2) is 42.7 Å². The number of pyridine rings is 1. The van der Waals surface area contributed by atoms with Gasteiger partial charge in [-0.15, -0.1) is 0 Å². The molecule has 0 amide bonds. The van der Waals surface area contributed by atoms with Gasteiger partial charge < -0.3 is 0 Å². The van der Waals surface area contributed by atoms with Gasteiger partial charge in [-0.1, -0.05) is 6.07 Å². The lowest BCUT2D eigenvalue weighted by atomic mass is 10.4. The molecule has 0 aliphatic rings. The standard InChI is InChI=1S/C10H11N3/c1-9-5-4-6-10(11-9)12-13-7-2-3-8-13/h2-8H,1H3,(H,11,12). The van der Waals surface area contributed by atoms with Gasteiger partial charge in [0.1, 0.15) is 5.82 Å². The van der Waals surface area contributed by atoms with E-state index in [4.69, 9.17) is 0 Å². The van der Waals surface area contributed by atoms with Gasteiger partial charge in [0, 0.05) is 18.1 Å². The number of aromatic nitrogens is 2. The highest BCUT2D eigenvalue weighted by molar-refractivity contribution is 5.34. The minimum absolute atomic E-state index is 0.858. The van der Waals surface area contributed by atoms with Crippen LogP contribution in [0.4, 0.5) is 5.82 Å². The average molecular weight is 173 g/mol. The predicted molar refractivity (Wildman–Crippen MR) is 52.4 cm³/mol. The van der Waals surface area contributed by atoms with Gasteiger partial charge in [0.2, 0.25) is 0 Å². The quantitative estimate of drug-likeness (QED) is 0.753. The molecule has 0 aromatic carbocycles. The summed E-state index contributed by atoms with van der Waals surface area (Å²) in [5.74, 6) is 0.858. The lowest BCUT2D eigenvalue weighted by molar-refractivity contribution is 0.948. The highest BCUT2D eigenvalue weighted by Gasteiger charge is 1.92. The molecule has 0 saturated heterocycles. The summed E-state index contributed by atoms with van der Waals surface area (Å²) in [6.45, 7) is 1.97. The van der Waals surface area contributed by atoms with Crippen molar-refractivity contribution in [3.63, 3.8) is 0 Å². The Morgan fingerprint density at radius 1 is 1.15 bits per heavy atom. The van der Waals surface area contributed by atoms with Gasteiger partial charge in [-0.05, 0) is 31.2 Å². The van der Waals surface area contributed by atoms with Gasteiger partial charge in [0.15, 0.2) is 0 Å². The number of nitrogens with zero attached hydrogens (tertiary/aromatic N) is 2. The zero-order valence-electron chi connectivity index (χ0n) is 7.44. The van der Waals surface area contributed by atoms with Crippen LogP contribution in [0.3, 0.4) is 0 Å². The molecule has 2 aromatic heterocycles. The molecule has 2 heterocycles. The van der Waals surface area contributed by atoms with Crippen LogP contribution in [-0.2, 0) is 0 Å². The summed E-state index contributed by atoms with van der Waals surface area (Å²) in [4.78, 5) is 4.32. The zero-order valence-corrected chi connectivity index (χ0v) is 7.44. The summed E-state index contributed by atoms with van der Waals surface area (Å²) in [7, 11) is 0. The molecule has 0 bridgehead atoms. The summed E-state index contributed by atoms with van der Waals surface area (Å²) in [5, 5.41) is 0. The molecular weight excluding hydrogens is 162 g/mol. The zero-order chi connectivity index (χ0) is 9.10. The Labute approximate surface area is 77.0 Å². The molecule has 3 nitrogen and oxygen atoms in total.